The Kier molecular flexibility index (Phi) is 4.86. The third-order valence-electron chi connectivity index (χ3n) is 5.89. The molecule has 5 nitrogen and oxygen atoms in total. The lowest BCUT2D eigenvalue weighted by Gasteiger charge is -2.39. The lowest BCUT2D eigenvalue weighted by molar-refractivity contribution is -0.131. The molecular weight excluding hydrogens is 399 g/mol. The van der Waals surface area contributed by atoms with Crippen LogP contribution >= 0.6 is 23.2 Å². The highest BCUT2D eigenvalue weighted by Gasteiger charge is 2.60. The number of likely N-dealkylation sites (tertiary alicyclic amines) is 1. The van der Waals surface area contributed by atoms with E-state index in [4.69, 9.17) is 27.9 Å². The summed E-state index contributed by atoms with van der Waals surface area (Å²) in [6.45, 7) is 0.307. The van der Waals surface area contributed by atoms with E-state index in [0.29, 0.717) is 22.3 Å². The summed E-state index contributed by atoms with van der Waals surface area (Å²) in [5.41, 5.74) is 1.21. The van der Waals surface area contributed by atoms with Gasteiger partial charge >= 0.3 is 0 Å². The molecule has 2 heterocycles. The zero-order valence-electron chi connectivity index (χ0n) is 15.5. The topological polar surface area (TPSA) is 58.6 Å². The van der Waals surface area contributed by atoms with Crippen molar-refractivity contribution in [3.05, 3.63) is 63.6 Å². The summed E-state index contributed by atoms with van der Waals surface area (Å²) < 4.78 is 5.85. The molecule has 4 rings (SSSR count). The van der Waals surface area contributed by atoms with Crippen molar-refractivity contribution in [2.45, 2.75) is 23.9 Å². The number of fused-ring (bicyclic) bond motifs is 2. The van der Waals surface area contributed by atoms with E-state index in [0.717, 1.165) is 11.1 Å². The van der Waals surface area contributed by atoms with Crippen LogP contribution in [0.4, 0.5) is 5.69 Å². The molecule has 2 aliphatic heterocycles. The van der Waals surface area contributed by atoms with Crippen molar-refractivity contribution in [1.82, 2.24) is 4.90 Å². The molecule has 2 aliphatic rings. The van der Waals surface area contributed by atoms with Crippen LogP contribution in [0.5, 0.6) is 0 Å². The van der Waals surface area contributed by atoms with Crippen LogP contribution in [0.15, 0.2) is 42.5 Å². The first-order chi connectivity index (χ1) is 13.4. The molecule has 0 radical (unpaired) electrons. The van der Waals surface area contributed by atoms with Crippen LogP contribution in [0.1, 0.15) is 23.5 Å². The molecule has 1 saturated heterocycles. The number of amides is 2. The minimum Gasteiger partial charge on any atom is -0.378 e. The number of rotatable bonds is 2. The van der Waals surface area contributed by atoms with Gasteiger partial charge in [0.2, 0.25) is 11.8 Å². The van der Waals surface area contributed by atoms with Crippen molar-refractivity contribution in [2.24, 2.45) is 0 Å². The van der Waals surface area contributed by atoms with E-state index in [1.54, 1.807) is 37.3 Å². The van der Waals surface area contributed by atoms with Crippen LogP contribution in [0.2, 0.25) is 10.0 Å². The Balaban J connectivity index is 2.01. The Morgan fingerprint density at radius 2 is 1.89 bits per heavy atom. The number of benzene rings is 2. The highest BCUT2D eigenvalue weighted by Crippen LogP contribution is 2.53. The van der Waals surface area contributed by atoms with Crippen LogP contribution in [-0.2, 0) is 19.7 Å². The van der Waals surface area contributed by atoms with Gasteiger partial charge in [0, 0.05) is 48.8 Å². The van der Waals surface area contributed by atoms with Gasteiger partial charge in [-0.1, -0.05) is 41.4 Å². The minimum absolute atomic E-state index is 0.0425. The third kappa shape index (κ3) is 2.81. The molecule has 0 unspecified atom stereocenters. The van der Waals surface area contributed by atoms with E-state index in [2.05, 4.69) is 5.32 Å². The van der Waals surface area contributed by atoms with Crippen molar-refractivity contribution in [1.29, 1.82) is 0 Å². The molecule has 2 amide bonds. The average molecular weight is 419 g/mol. The fraction of sp³-hybridized carbons (Fsp3) is 0.333. The standard InChI is InChI=1S/C21H20Cl2N2O3/c1-25-11-18(28-2)21(15-7-6-14(23)9-17(15)24-20(21)27)16(10-19(25)26)12-4-3-5-13(22)8-12/h3-9,16,18H,10-11H2,1-2H3,(H,24,27)/t16-,18-,21-/m0/s1. The zero-order valence-corrected chi connectivity index (χ0v) is 17.1. The van der Waals surface area contributed by atoms with E-state index in [1.165, 1.54) is 0 Å². The number of methoxy groups -OCH3 is 1. The van der Waals surface area contributed by atoms with Crippen molar-refractivity contribution >= 4 is 40.7 Å². The second kappa shape index (κ2) is 7.07. The van der Waals surface area contributed by atoms with E-state index >= 15 is 0 Å². The largest absolute Gasteiger partial charge is 0.378 e. The molecule has 0 aliphatic carbocycles. The van der Waals surface area contributed by atoms with E-state index in [1.807, 2.05) is 24.3 Å². The van der Waals surface area contributed by atoms with Gasteiger partial charge in [-0.15, -0.1) is 0 Å². The predicted octanol–water partition coefficient (Wildman–Crippen LogP) is 3.84. The average Bonchev–Trinajstić information content (AvgIpc) is 2.88. The van der Waals surface area contributed by atoms with Crippen molar-refractivity contribution in [3.63, 3.8) is 0 Å². The molecule has 0 bridgehead atoms. The summed E-state index contributed by atoms with van der Waals surface area (Å²) in [5, 5.41) is 4.06. The Morgan fingerprint density at radius 3 is 2.61 bits per heavy atom. The van der Waals surface area contributed by atoms with Crippen LogP contribution < -0.4 is 5.32 Å². The van der Waals surface area contributed by atoms with Gasteiger partial charge in [-0.05, 0) is 35.4 Å². The molecule has 0 aromatic heterocycles. The van der Waals surface area contributed by atoms with Crippen LogP contribution in [0.25, 0.3) is 0 Å². The summed E-state index contributed by atoms with van der Waals surface area (Å²) >= 11 is 12.4. The van der Waals surface area contributed by atoms with E-state index in [-0.39, 0.29) is 18.2 Å². The van der Waals surface area contributed by atoms with Crippen molar-refractivity contribution in [2.75, 3.05) is 26.0 Å². The summed E-state index contributed by atoms with van der Waals surface area (Å²) in [4.78, 5) is 28.0. The molecule has 2 aromatic carbocycles. The zero-order chi connectivity index (χ0) is 20.1. The van der Waals surface area contributed by atoms with Crippen molar-refractivity contribution in [3.8, 4) is 0 Å². The Labute approximate surface area is 173 Å². The molecule has 28 heavy (non-hydrogen) atoms. The number of likely N-dealkylation sites (N-methyl/N-ethyl adjacent to an activating group) is 1. The Morgan fingerprint density at radius 1 is 1.14 bits per heavy atom. The van der Waals surface area contributed by atoms with E-state index in [9.17, 15) is 9.59 Å². The van der Waals surface area contributed by atoms with Crippen LogP contribution in [0, 0.1) is 0 Å². The third-order valence-corrected chi connectivity index (χ3v) is 6.36. The normalized spacial score (nSPS) is 26.9. The fourth-order valence-corrected chi connectivity index (χ4v) is 4.94. The monoisotopic (exact) mass is 418 g/mol. The minimum atomic E-state index is -1.07. The highest BCUT2D eigenvalue weighted by atomic mass is 35.5. The maximum atomic E-state index is 13.5. The van der Waals surface area contributed by atoms with Crippen molar-refractivity contribution < 1.29 is 14.3 Å². The number of nitrogens with zero attached hydrogens (tertiary/aromatic N) is 1. The van der Waals surface area contributed by atoms with Gasteiger partial charge in [0.05, 0.1) is 6.10 Å². The van der Waals surface area contributed by atoms with Gasteiger partial charge < -0.3 is 15.0 Å². The molecule has 0 saturated carbocycles. The lowest BCUT2D eigenvalue weighted by atomic mass is 9.64. The smallest absolute Gasteiger partial charge is 0.238 e. The SMILES string of the molecule is CO[C@H]1CN(C)C(=O)C[C@@H](c2cccc(Cl)c2)[C@]12C(=O)Nc1cc(Cl)ccc12. The summed E-state index contributed by atoms with van der Waals surface area (Å²) in [5.74, 6) is -0.667. The maximum absolute atomic E-state index is 13.5. The van der Waals surface area contributed by atoms with Gasteiger partial charge in [-0.25, -0.2) is 0 Å². The first-order valence-electron chi connectivity index (χ1n) is 9.01. The Hall–Kier alpha value is -2.08. The molecule has 1 fully saturated rings. The van der Waals surface area contributed by atoms with Gasteiger partial charge in [0.15, 0.2) is 0 Å². The number of ether oxygens (including phenoxy) is 1. The number of halogens is 2. The van der Waals surface area contributed by atoms with E-state index < -0.39 is 17.4 Å². The molecule has 1 spiro atoms. The second-order valence-electron chi connectivity index (χ2n) is 7.32. The number of carbonyl (C=O) groups excluding carboxylic acids is 2. The maximum Gasteiger partial charge on any atom is 0.238 e. The summed E-state index contributed by atoms with van der Waals surface area (Å²) in [7, 11) is 3.31. The number of carbonyl (C=O) groups is 2. The first kappa shape index (κ1) is 19.2. The molecule has 7 heteroatoms. The Bertz CT molecular complexity index is 964. The predicted molar refractivity (Wildman–Crippen MR) is 109 cm³/mol. The molecule has 3 atom stereocenters. The molecule has 1 N–H and O–H groups in total. The first-order valence-corrected chi connectivity index (χ1v) is 9.77. The number of hydrogen-bond donors (Lipinski definition) is 1. The fourth-order valence-electron chi connectivity index (χ4n) is 4.57. The van der Waals surface area contributed by atoms with Gasteiger partial charge in [0.25, 0.3) is 0 Å². The van der Waals surface area contributed by atoms with Gasteiger partial charge in [-0.3, -0.25) is 9.59 Å². The molecular formula is C21H20Cl2N2O3. The molecule has 146 valence electrons. The quantitative estimate of drug-likeness (QED) is 0.805. The number of nitrogens with one attached hydrogen (secondary N) is 1. The van der Waals surface area contributed by atoms with Gasteiger partial charge in [-0.2, -0.15) is 0 Å². The summed E-state index contributed by atoms with van der Waals surface area (Å²) in [6, 6.07) is 12.7. The second-order valence-corrected chi connectivity index (χ2v) is 8.20. The lowest BCUT2D eigenvalue weighted by Crippen LogP contribution is -2.52. The van der Waals surface area contributed by atoms with Gasteiger partial charge in [0.1, 0.15) is 5.41 Å². The molecule has 2 aromatic rings. The highest BCUT2D eigenvalue weighted by molar-refractivity contribution is 6.31. The number of anilines is 1. The number of hydrogen-bond acceptors (Lipinski definition) is 3. The van der Waals surface area contributed by atoms with Crippen LogP contribution in [-0.4, -0.2) is 43.5 Å². The van der Waals surface area contributed by atoms with Crippen LogP contribution in [0.3, 0.4) is 0 Å². The summed E-state index contributed by atoms with van der Waals surface area (Å²) in [6.07, 6.45) is -0.359.